The Morgan fingerprint density at radius 1 is 1.43 bits per heavy atom. The van der Waals surface area contributed by atoms with E-state index in [2.05, 4.69) is 4.72 Å². The average molecular weight is 331 g/mol. The van der Waals surface area contributed by atoms with Gasteiger partial charge in [-0.15, -0.1) is 0 Å². The molecule has 0 amide bonds. The van der Waals surface area contributed by atoms with Crippen molar-refractivity contribution in [2.24, 2.45) is 0 Å². The van der Waals surface area contributed by atoms with E-state index in [1.54, 1.807) is 17.8 Å². The highest BCUT2D eigenvalue weighted by Gasteiger charge is 2.19. The summed E-state index contributed by atoms with van der Waals surface area (Å²) in [7, 11) is -3.69. The summed E-state index contributed by atoms with van der Waals surface area (Å²) < 4.78 is 27.2. The van der Waals surface area contributed by atoms with Gasteiger partial charge in [0.05, 0.1) is 10.5 Å². The molecule has 0 radical (unpaired) electrons. The van der Waals surface area contributed by atoms with E-state index in [4.69, 9.17) is 5.11 Å². The van der Waals surface area contributed by atoms with Gasteiger partial charge in [-0.3, -0.25) is 0 Å². The predicted molar refractivity (Wildman–Crippen MR) is 85.6 cm³/mol. The maximum atomic E-state index is 12.3. The molecule has 1 unspecified atom stereocenters. The van der Waals surface area contributed by atoms with Crippen LogP contribution in [0.4, 0.5) is 0 Å². The van der Waals surface area contributed by atoms with E-state index < -0.39 is 16.0 Å². The van der Waals surface area contributed by atoms with E-state index in [1.165, 1.54) is 12.1 Å². The monoisotopic (exact) mass is 331 g/mol. The third-order valence-electron chi connectivity index (χ3n) is 3.23. The summed E-state index contributed by atoms with van der Waals surface area (Å²) in [6, 6.07) is 4.21. The molecule has 0 aromatic heterocycles. The summed E-state index contributed by atoms with van der Waals surface area (Å²) in [6.45, 7) is 4.21. The number of nitrogens with one attached hydrogen (secondary N) is 1. The van der Waals surface area contributed by atoms with Crippen molar-refractivity contribution < 1.29 is 18.3 Å². The SMILES string of the molecule is CCc1ccc(C(=O)O)cc1S(=O)(=O)NCCC(C)SC. The molecule has 0 aliphatic carbocycles. The predicted octanol–water partition coefficient (Wildman–Crippen LogP) is 2.37. The van der Waals surface area contributed by atoms with E-state index >= 15 is 0 Å². The highest BCUT2D eigenvalue weighted by Crippen LogP contribution is 2.19. The van der Waals surface area contributed by atoms with E-state index in [0.29, 0.717) is 23.8 Å². The van der Waals surface area contributed by atoms with Crippen LogP contribution in [0.1, 0.15) is 36.2 Å². The van der Waals surface area contributed by atoms with Crippen LogP contribution in [0.2, 0.25) is 0 Å². The Kier molecular flexibility index (Phi) is 6.70. The minimum Gasteiger partial charge on any atom is -0.478 e. The Bertz CT molecular complexity index is 599. The first kappa shape index (κ1) is 18.0. The minimum atomic E-state index is -3.69. The molecule has 0 saturated carbocycles. The molecule has 0 fully saturated rings. The van der Waals surface area contributed by atoms with Crippen LogP contribution < -0.4 is 4.72 Å². The van der Waals surface area contributed by atoms with E-state index in [1.807, 2.05) is 20.1 Å². The highest BCUT2D eigenvalue weighted by atomic mass is 32.2. The second-order valence-electron chi connectivity index (χ2n) is 4.71. The van der Waals surface area contributed by atoms with Crippen LogP contribution >= 0.6 is 11.8 Å². The fourth-order valence-electron chi connectivity index (χ4n) is 1.82. The Balaban J connectivity index is 3.00. The molecule has 0 aliphatic rings. The van der Waals surface area contributed by atoms with Crippen molar-refractivity contribution in [1.29, 1.82) is 0 Å². The lowest BCUT2D eigenvalue weighted by atomic mass is 10.1. The molecule has 0 spiro atoms. The Hall–Kier alpha value is -1.05. The molecule has 118 valence electrons. The summed E-state index contributed by atoms with van der Waals surface area (Å²) in [5.41, 5.74) is 0.593. The van der Waals surface area contributed by atoms with Crippen LogP contribution in [0.3, 0.4) is 0 Å². The lowest BCUT2D eigenvalue weighted by Crippen LogP contribution is -2.27. The number of thioether (sulfide) groups is 1. The molecule has 1 atom stereocenters. The molecule has 0 bridgehead atoms. The van der Waals surface area contributed by atoms with Gasteiger partial charge >= 0.3 is 5.97 Å². The Labute approximate surface area is 130 Å². The second kappa shape index (κ2) is 7.82. The molecule has 0 saturated heterocycles. The van der Waals surface area contributed by atoms with Crippen LogP contribution in [0, 0.1) is 0 Å². The zero-order valence-corrected chi connectivity index (χ0v) is 14.1. The number of carboxylic acids is 1. The van der Waals surface area contributed by atoms with Gasteiger partial charge in [0.15, 0.2) is 0 Å². The van der Waals surface area contributed by atoms with Gasteiger partial charge in [0.25, 0.3) is 0 Å². The Morgan fingerprint density at radius 3 is 2.62 bits per heavy atom. The fraction of sp³-hybridized carbons (Fsp3) is 0.500. The van der Waals surface area contributed by atoms with Gasteiger partial charge in [-0.2, -0.15) is 11.8 Å². The van der Waals surface area contributed by atoms with E-state index in [0.717, 1.165) is 6.42 Å². The first-order chi connectivity index (χ1) is 9.81. The number of aromatic carboxylic acids is 1. The molecule has 5 nitrogen and oxygen atoms in total. The van der Waals surface area contributed by atoms with Crippen LogP contribution in [-0.4, -0.2) is 37.5 Å². The molecular formula is C14H21NO4S2. The fourth-order valence-corrected chi connectivity index (χ4v) is 3.56. The lowest BCUT2D eigenvalue weighted by Gasteiger charge is -2.13. The molecular weight excluding hydrogens is 310 g/mol. The average Bonchev–Trinajstić information content (AvgIpc) is 2.45. The lowest BCUT2D eigenvalue weighted by molar-refractivity contribution is 0.0696. The van der Waals surface area contributed by atoms with Gasteiger partial charge in [0, 0.05) is 11.8 Å². The number of carboxylic acid groups (broad SMARTS) is 1. The summed E-state index contributed by atoms with van der Waals surface area (Å²) in [6.07, 6.45) is 3.22. The Morgan fingerprint density at radius 2 is 2.10 bits per heavy atom. The van der Waals surface area contributed by atoms with Gasteiger partial charge in [-0.1, -0.05) is 19.9 Å². The molecule has 7 heteroatoms. The molecule has 0 heterocycles. The number of sulfonamides is 1. The zero-order chi connectivity index (χ0) is 16.0. The van der Waals surface area contributed by atoms with Crippen molar-refractivity contribution in [3.8, 4) is 0 Å². The van der Waals surface area contributed by atoms with Crippen LogP contribution in [0.25, 0.3) is 0 Å². The standard InChI is InChI=1S/C14H21NO4S2/c1-4-11-5-6-12(14(16)17)9-13(11)21(18,19)15-8-7-10(2)20-3/h5-6,9-10,15H,4,7-8H2,1-3H3,(H,16,17). The first-order valence-electron chi connectivity index (χ1n) is 6.70. The van der Waals surface area contributed by atoms with Crippen molar-refractivity contribution in [3.63, 3.8) is 0 Å². The number of hydrogen-bond donors (Lipinski definition) is 2. The third kappa shape index (κ3) is 5.01. The van der Waals surface area contributed by atoms with Gasteiger partial charge < -0.3 is 5.11 Å². The van der Waals surface area contributed by atoms with Gasteiger partial charge in [-0.25, -0.2) is 17.9 Å². The molecule has 2 N–H and O–H groups in total. The zero-order valence-electron chi connectivity index (χ0n) is 12.4. The molecule has 0 aliphatic heterocycles. The van der Waals surface area contributed by atoms with Crippen molar-refractivity contribution in [2.45, 2.75) is 36.8 Å². The minimum absolute atomic E-state index is 0.0231. The number of hydrogen-bond acceptors (Lipinski definition) is 4. The number of benzene rings is 1. The van der Waals surface area contributed by atoms with Gasteiger partial charge in [0.1, 0.15) is 0 Å². The largest absolute Gasteiger partial charge is 0.478 e. The number of aryl methyl sites for hydroxylation is 1. The van der Waals surface area contributed by atoms with Crippen LogP contribution in [0.5, 0.6) is 0 Å². The van der Waals surface area contributed by atoms with E-state index in [-0.39, 0.29) is 10.5 Å². The smallest absolute Gasteiger partial charge is 0.335 e. The van der Waals surface area contributed by atoms with E-state index in [9.17, 15) is 13.2 Å². The van der Waals surface area contributed by atoms with Gasteiger partial charge in [0.2, 0.25) is 10.0 Å². The summed E-state index contributed by atoms with van der Waals surface area (Å²) in [5.74, 6) is -1.13. The van der Waals surface area contributed by atoms with Crippen LogP contribution in [0.15, 0.2) is 23.1 Å². The number of rotatable bonds is 8. The maximum Gasteiger partial charge on any atom is 0.335 e. The molecule has 21 heavy (non-hydrogen) atoms. The second-order valence-corrected chi connectivity index (χ2v) is 7.73. The van der Waals surface area contributed by atoms with Crippen molar-refractivity contribution in [2.75, 3.05) is 12.8 Å². The molecule has 1 aromatic carbocycles. The van der Waals surface area contributed by atoms with Gasteiger partial charge in [-0.05, 0) is 36.8 Å². The topological polar surface area (TPSA) is 83.5 Å². The normalized spacial score (nSPS) is 13.1. The molecule has 1 aromatic rings. The van der Waals surface area contributed by atoms with Crippen LogP contribution in [-0.2, 0) is 16.4 Å². The highest BCUT2D eigenvalue weighted by molar-refractivity contribution is 7.99. The summed E-state index contributed by atoms with van der Waals surface area (Å²) in [4.78, 5) is 11.1. The number of carbonyl (C=O) groups is 1. The summed E-state index contributed by atoms with van der Waals surface area (Å²) in [5, 5.41) is 9.37. The quantitative estimate of drug-likeness (QED) is 0.764. The first-order valence-corrected chi connectivity index (χ1v) is 9.47. The van der Waals surface area contributed by atoms with Crippen molar-refractivity contribution in [3.05, 3.63) is 29.3 Å². The van der Waals surface area contributed by atoms with Crippen molar-refractivity contribution in [1.82, 2.24) is 4.72 Å². The summed E-state index contributed by atoms with van der Waals surface area (Å²) >= 11 is 1.67. The van der Waals surface area contributed by atoms with Crippen molar-refractivity contribution >= 4 is 27.8 Å². The maximum absolute atomic E-state index is 12.3. The molecule has 1 rings (SSSR count). The third-order valence-corrected chi connectivity index (χ3v) is 5.81.